The molecule has 0 amide bonds. The second-order valence-electron chi connectivity index (χ2n) is 5.76. The van der Waals surface area contributed by atoms with E-state index in [1.54, 1.807) is 13.0 Å². The largest absolute Gasteiger partial charge is 0.302 e. The van der Waals surface area contributed by atoms with E-state index in [2.05, 4.69) is 16.8 Å². The summed E-state index contributed by atoms with van der Waals surface area (Å²) in [6.07, 6.45) is 3.94. The highest BCUT2D eigenvalue weighted by Crippen LogP contribution is 2.40. The van der Waals surface area contributed by atoms with Gasteiger partial charge in [-0.2, -0.15) is 0 Å². The fourth-order valence-corrected chi connectivity index (χ4v) is 3.38. The summed E-state index contributed by atoms with van der Waals surface area (Å²) >= 11 is 1.22. The summed E-state index contributed by atoms with van der Waals surface area (Å²) < 4.78 is 28.7. The highest BCUT2D eigenvalue weighted by atomic mass is 32.2. The van der Waals surface area contributed by atoms with E-state index in [-0.39, 0.29) is 5.56 Å². The van der Waals surface area contributed by atoms with Gasteiger partial charge in [-0.15, -0.1) is 16.8 Å². The summed E-state index contributed by atoms with van der Waals surface area (Å²) in [4.78, 5) is 12.4. The van der Waals surface area contributed by atoms with Crippen LogP contribution in [0.5, 0.6) is 0 Å². The van der Waals surface area contributed by atoms with Crippen molar-refractivity contribution >= 4 is 17.5 Å². The molecule has 1 heterocycles. The predicted octanol–water partition coefficient (Wildman–Crippen LogP) is 3.98. The lowest BCUT2D eigenvalue weighted by Gasteiger charge is -2.12. The standard InChI is InChI=1S/C17H17F2N3OS/c1-3-8-22-16(11-4-5-11)20-21-17(22)24-10(2)15(23)13-7-6-12(18)9-14(13)19/h3,6-7,9-11H,1,4-5,8H2,2H3. The summed E-state index contributed by atoms with van der Waals surface area (Å²) in [5.74, 6) is -0.626. The minimum Gasteiger partial charge on any atom is -0.302 e. The maximum absolute atomic E-state index is 13.8. The van der Waals surface area contributed by atoms with Crippen LogP contribution in [0.15, 0.2) is 36.0 Å². The van der Waals surface area contributed by atoms with E-state index in [0.29, 0.717) is 17.6 Å². The molecule has 2 aromatic rings. The summed E-state index contributed by atoms with van der Waals surface area (Å²) in [5.41, 5.74) is -0.117. The second kappa shape index (κ2) is 6.84. The molecule has 0 aliphatic heterocycles. The lowest BCUT2D eigenvalue weighted by Crippen LogP contribution is -2.16. The van der Waals surface area contributed by atoms with Gasteiger partial charge in [0.1, 0.15) is 17.5 Å². The lowest BCUT2D eigenvalue weighted by molar-refractivity contribution is 0.0990. The van der Waals surface area contributed by atoms with Crippen LogP contribution in [-0.2, 0) is 6.54 Å². The summed E-state index contributed by atoms with van der Waals surface area (Å²) in [5, 5.41) is 8.44. The van der Waals surface area contributed by atoms with Gasteiger partial charge >= 0.3 is 0 Å². The fraction of sp³-hybridized carbons (Fsp3) is 0.353. The maximum atomic E-state index is 13.8. The van der Waals surface area contributed by atoms with Gasteiger partial charge in [0.25, 0.3) is 0 Å². The number of ketones is 1. The summed E-state index contributed by atoms with van der Waals surface area (Å²) in [6.45, 7) is 5.98. The Hall–Kier alpha value is -2.02. The number of hydrogen-bond donors (Lipinski definition) is 0. The molecule has 1 aliphatic rings. The Morgan fingerprint density at radius 2 is 2.21 bits per heavy atom. The average molecular weight is 349 g/mol. The zero-order valence-corrected chi connectivity index (χ0v) is 14.0. The molecule has 3 rings (SSSR count). The molecule has 7 heteroatoms. The van der Waals surface area contributed by atoms with Crippen molar-refractivity contribution in [2.45, 2.75) is 42.6 Å². The van der Waals surface area contributed by atoms with Crippen LogP contribution >= 0.6 is 11.8 Å². The number of allylic oxidation sites excluding steroid dienone is 1. The molecule has 1 aliphatic carbocycles. The number of benzene rings is 1. The van der Waals surface area contributed by atoms with Crippen molar-refractivity contribution in [3.05, 3.63) is 53.9 Å². The van der Waals surface area contributed by atoms with E-state index in [0.717, 1.165) is 30.8 Å². The summed E-state index contributed by atoms with van der Waals surface area (Å²) in [7, 11) is 0. The molecule has 0 spiro atoms. The molecule has 0 bridgehead atoms. The lowest BCUT2D eigenvalue weighted by atomic mass is 10.1. The van der Waals surface area contributed by atoms with Crippen LogP contribution in [0.2, 0.25) is 0 Å². The molecular formula is C17H17F2N3OS. The van der Waals surface area contributed by atoms with Crippen molar-refractivity contribution in [2.75, 3.05) is 0 Å². The third-order valence-corrected chi connectivity index (χ3v) is 4.93. The zero-order valence-electron chi connectivity index (χ0n) is 13.2. The van der Waals surface area contributed by atoms with Crippen molar-refractivity contribution in [1.82, 2.24) is 14.8 Å². The molecule has 126 valence electrons. The van der Waals surface area contributed by atoms with Crippen LogP contribution in [0.1, 0.15) is 41.9 Å². The Labute approximate surface area is 143 Å². The topological polar surface area (TPSA) is 47.8 Å². The molecule has 1 atom stereocenters. The SMILES string of the molecule is C=CCn1c(SC(C)C(=O)c2ccc(F)cc2F)nnc1C1CC1. The monoisotopic (exact) mass is 349 g/mol. The molecule has 24 heavy (non-hydrogen) atoms. The third-order valence-electron chi connectivity index (χ3n) is 3.85. The van der Waals surface area contributed by atoms with Crippen LogP contribution in [0.3, 0.4) is 0 Å². The van der Waals surface area contributed by atoms with Gasteiger partial charge in [-0.05, 0) is 31.9 Å². The predicted molar refractivity (Wildman–Crippen MR) is 88.2 cm³/mol. The molecule has 1 fully saturated rings. The Balaban J connectivity index is 1.80. The van der Waals surface area contributed by atoms with Crippen LogP contribution in [0, 0.1) is 11.6 Å². The van der Waals surface area contributed by atoms with E-state index in [4.69, 9.17) is 0 Å². The van der Waals surface area contributed by atoms with E-state index in [1.165, 1.54) is 17.8 Å². The van der Waals surface area contributed by atoms with Gasteiger partial charge in [-0.25, -0.2) is 8.78 Å². The quantitative estimate of drug-likeness (QED) is 0.431. The first-order chi connectivity index (χ1) is 11.5. The molecule has 0 radical (unpaired) electrons. The van der Waals surface area contributed by atoms with Gasteiger partial charge in [0.05, 0.1) is 10.8 Å². The Bertz CT molecular complexity index is 786. The fourth-order valence-electron chi connectivity index (χ4n) is 2.45. The molecule has 1 saturated carbocycles. The first-order valence-electron chi connectivity index (χ1n) is 7.71. The van der Waals surface area contributed by atoms with Crippen molar-refractivity contribution in [3.8, 4) is 0 Å². The van der Waals surface area contributed by atoms with Gasteiger partial charge in [0.2, 0.25) is 0 Å². The number of nitrogens with zero attached hydrogens (tertiary/aromatic N) is 3. The molecule has 1 aromatic heterocycles. The number of rotatable bonds is 7. The van der Waals surface area contributed by atoms with Crippen molar-refractivity contribution in [3.63, 3.8) is 0 Å². The van der Waals surface area contributed by atoms with Crippen LogP contribution in [0.25, 0.3) is 0 Å². The minimum atomic E-state index is -0.848. The Morgan fingerprint density at radius 1 is 1.46 bits per heavy atom. The molecular weight excluding hydrogens is 332 g/mol. The van der Waals surface area contributed by atoms with E-state index in [1.807, 2.05) is 4.57 Å². The number of halogens is 2. The number of carbonyl (C=O) groups excluding carboxylic acids is 1. The Kier molecular flexibility index (Phi) is 4.80. The highest BCUT2D eigenvalue weighted by molar-refractivity contribution is 8.00. The Morgan fingerprint density at radius 3 is 2.83 bits per heavy atom. The highest BCUT2D eigenvalue weighted by Gasteiger charge is 2.31. The smallest absolute Gasteiger partial charge is 0.192 e. The van der Waals surface area contributed by atoms with Crippen molar-refractivity contribution < 1.29 is 13.6 Å². The van der Waals surface area contributed by atoms with Gasteiger partial charge in [-0.3, -0.25) is 4.79 Å². The van der Waals surface area contributed by atoms with Crippen molar-refractivity contribution in [2.24, 2.45) is 0 Å². The number of Topliss-reactive ketones (excluding diaryl/α,β-unsaturated/α-hetero) is 1. The van der Waals surface area contributed by atoms with Crippen LogP contribution < -0.4 is 0 Å². The normalized spacial score (nSPS) is 15.3. The van der Waals surface area contributed by atoms with Crippen molar-refractivity contribution in [1.29, 1.82) is 0 Å². The maximum Gasteiger partial charge on any atom is 0.192 e. The first-order valence-corrected chi connectivity index (χ1v) is 8.59. The number of carbonyl (C=O) groups is 1. The van der Waals surface area contributed by atoms with E-state index in [9.17, 15) is 13.6 Å². The zero-order chi connectivity index (χ0) is 17.3. The first kappa shape index (κ1) is 16.8. The minimum absolute atomic E-state index is 0.117. The van der Waals surface area contributed by atoms with Crippen LogP contribution in [-0.4, -0.2) is 25.8 Å². The van der Waals surface area contributed by atoms with E-state index < -0.39 is 22.7 Å². The average Bonchev–Trinajstić information content (AvgIpc) is 3.31. The number of thioether (sulfide) groups is 1. The molecule has 1 aromatic carbocycles. The molecule has 1 unspecified atom stereocenters. The van der Waals surface area contributed by atoms with Gasteiger partial charge < -0.3 is 4.57 Å². The summed E-state index contributed by atoms with van der Waals surface area (Å²) in [6, 6.07) is 2.98. The van der Waals surface area contributed by atoms with Gasteiger partial charge in [-0.1, -0.05) is 17.8 Å². The van der Waals surface area contributed by atoms with Gasteiger partial charge in [0, 0.05) is 18.5 Å². The number of aromatic nitrogens is 3. The molecule has 0 N–H and O–H groups in total. The molecule has 0 saturated heterocycles. The van der Waals surface area contributed by atoms with Crippen LogP contribution in [0.4, 0.5) is 8.78 Å². The third kappa shape index (κ3) is 3.40. The number of hydrogen-bond acceptors (Lipinski definition) is 4. The molecule has 4 nitrogen and oxygen atoms in total. The van der Waals surface area contributed by atoms with Gasteiger partial charge in [0.15, 0.2) is 10.9 Å². The van der Waals surface area contributed by atoms with E-state index >= 15 is 0 Å². The second-order valence-corrected chi connectivity index (χ2v) is 7.07.